The molecule has 0 spiro atoms. The van der Waals surface area contributed by atoms with Crippen LogP contribution in [0.5, 0.6) is 0 Å². The molecule has 0 aliphatic carbocycles. The van der Waals surface area contributed by atoms with Gasteiger partial charge in [-0.25, -0.2) is 0 Å². The molecule has 19 heavy (non-hydrogen) atoms. The highest BCUT2D eigenvalue weighted by Gasteiger charge is 2.06. The summed E-state index contributed by atoms with van der Waals surface area (Å²) in [5, 5.41) is 3.40. The van der Waals surface area contributed by atoms with Crippen LogP contribution in [0.25, 0.3) is 0 Å². The Bertz CT molecular complexity index is 616. The third-order valence-electron chi connectivity index (χ3n) is 2.40. The Labute approximate surface area is 121 Å². The molecular weight excluding hydrogens is 280 g/mol. The van der Waals surface area contributed by atoms with Crippen molar-refractivity contribution < 1.29 is 4.79 Å². The molecule has 3 nitrogen and oxygen atoms in total. The van der Waals surface area contributed by atoms with Crippen LogP contribution in [0.4, 0.5) is 11.4 Å². The van der Waals surface area contributed by atoms with Crippen molar-refractivity contribution in [2.45, 2.75) is 16.7 Å². The van der Waals surface area contributed by atoms with Gasteiger partial charge in [0.1, 0.15) is 0 Å². The van der Waals surface area contributed by atoms with Gasteiger partial charge in [-0.1, -0.05) is 35.5 Å². The van der Waals surface area contributed by atoms with E-state index in [2.05, 4.69) is 5.32 Å². The molecule has 2 aromatic rings. The number of carbonyl (C=O) groups is 1. The number of benzene rings is 2. The van der Waals surface area contributed by atoms with Crippen molar-refractivity contribution in [2.75, 3.05) is 11.1 Å². The van der Waals surface area contributed by atoms with Gasteiger partial charge >= 0.3 is 0 Å². The molecule has 0 radical (unpaired) electrons. The van der Waals surface area contributed by atoms with E-state index in [1.54, 1.807) is 6.07 Å². The van der Waals surface area contributed by atoms with Crippen LogP contribution in [-0.4, -0.2) is 5.91 Å². The molecule has 1 amide bonds. The summed E-state index contributed by atoms with van der Waals surface area (Å²) in [6.07, 6.45) is 0. The van der Waals surface area contributed by atoms with Crippen LogP contribution in [0.3, 0.4) is 0 Å². The first-order valence-electron chi connectivity index (χ1n) is 5.66. The zero-order valence-electron chi connectivity index (χ0n) is 10.3. The molecule has 0 heterocycles. The highest BCUT2D eigenvalue weighted by Crippen LogP contribution is 2.35. The molecule has 0 aliphatic rings. The molecule has 0 bridgehead atoms. The summed E-state index contributed by atoms with van der Waals surface area (Å²) in [5.74, 6) is -0.147. The van der Waals surface area contributed by atoms with E-state index in [1.807, 2.05) is 36.4 Å². The number of nitrogen functional groups attached to an aromatic ring is 1. The summed E-state index contributed by atoms with van der Waals surface area (Å²) in [7, 11) is 0. The predicted molar refractivity (Wildman–Crippen MR) is 80.7 cm³/mol. The van der Waals surface area contributed by atoms with Crippen LogP contribution in [0.1, 0.15) is 6.92 Å². The second-order valence-electron chi connectivity index (χ2n) is 3.96. The number of amides is 1. The van der Waals surface area contributed by atoms with E-state index in [1.165, 1.54) is 18.7 Å². The third kappa shape index (κ3) is 3.66. The number of halogens is 1. The Balaban J connectivity index is 2.26. The SMILES string of the molecule is CC(=O)Nc1cc(Sc2ccccc2Cl)ccc1N. The standard InChI is InChI=1S/C14H13ClN2OS/c1-9(18)17-13-8-10(6-7-12(13)16)19-14-5-3-2-4-11(14)15/h2-8H,16H2,1H3,(H,17,18). The molecule has 0 fully saturated rings. The van der Waals surface area contributed by atoms with Crippen molar-refractivity contribution >= 4 is 40.6 Å². The van der Waals surface area contributed by atoms with Gasteiger partial charge < -0.3 is 11.1 Å². The van der Waals surface area contributed by atoms with Gasteiger partial charge in [0.15, 0.2) is 0 Å². The first-order valence-corrected chi connectivity index (χ1v) is 6.85. The van der Waals surface area contributed by atoms with Gasteiger partial charge in [-0.05, 0) is 30.3 Å². The quantitative estimate of drug-likeness (QED) is 0.840. The second-order valence-corrected chi connectivity index (χ2v) is 5.49. The summed E-state index contributed by atoms with van der Waals surface area (Å²) in [4.78, 5) is 13.0. The first-order chi connectivity index (χ1) is 9.06. The zero-order chi connectivity index (χ0) is 13.8. The zero-order valence-corrected chi connectivity index (χ0v) is 11.9. The number of carbonyl (C=O) groups excluding carboxylic acids is 1. The molecule has 5 heteroatoms. The lowest BCUT2D eigenvalue weighted by molar-refractivity contribution is -0.114. The van der Waals surface area contributed by atoms with E-state index < -0.39 is 0 Å². The topological polar surface area (TPSA) is 55.1 Å². The smallest absolute Gasteiger partial charge is 0.221 e. The van der Waals surface area contributed by atoms with E-state index in [0.29, 0.717) is 16.4 Å². The van der Waals surface area contributed by atoms with Gasteiger partial charge in [0.2, 0.25) is 5.91 Å². The highest BCUT2D eigenvalue weighted by molar-refractivity contribution is 7.99. The van der Waals surface area contributed by atoms with Crippen LogP contribution in [0, 0.1) is 0 Å². The minimum absolute atomic E-state index is 0.147. The molecule has 0 unspecified atom stereocenters. The third-order valence-corrected chi connectivity index (χ3v) is 3.91. The Kier molecular flexibility index (Phi) is 4.35. The van der Waals surface area contributed by atoms with Crippen LogP contribution in [0.2, 0.25) is 5.02 Å². The lowest BCUT2D eigenvalue weighted by Crippen LogP contribution is -2.07. The van der Waals surface area contributed by atoms with E-state index in [9.17, 15) is 4.79 Å². The maximum Gasteiger partial charge on any atom is 0.221 e. The van der Waals surface area contributed by atoms with Gasteiger partial charge in [-0.15, -0.1) is 0 Å². The molecule has 0 atom stereocenters. The lowest BCUT2D eigenvalue weighted by Gasteiger charge is -2.09. The summed E-state index contributed by atoms with van der Waals surface area (Å²) >= 11 is 7.64. The first kappa shape index (κ1) is 13.8. The van der Waals surface area contributed by atoms with E-state index in [4.69, 9.17) is 17.3 Å². The molecule has 98 valence electrons. The maximum absolute atomic E-state index is 11.1. The van der Waals surface area contributed by atoms with Crippen molar-refractivity contribution in [1.29, 1.82) is 0 Å². The van der Waals surface area contributed by atoms with Crippen molar-refractivity contribution in [3.8, 4) is 0 Å². The van der Waals surface area contributed by atoms with Crippen LogP contribution in [-0.2, 0) is 4.79 Å². The number of hydrogen-bond donors (Lipinski definition) is 2. The normalized spacial score (nSPS) is 10.2. The summed E-state index contributed by atoms with van der Waals surface area (Å²) in [5.41, 5.74) is 6.97. The number of nitrogens with one attached hydrogen (secondary N) is 1. The van der Waals surface area contributed by atoms with Crippen molar-refractivity contribution in [1.82, 2.24) is 0 Å². The van der Waals surface area contributed by atoms with E-state index in [-0.39, 0.29) is 5.91 Å². The molecule has 0 saturated carbocycles. The number of nitrogens with two attached hydrogens (primary N) is 1. The van der Waals surface area contributed by atoms with Crippen LogP contribution < -0.4 is 11.1 Å². The largest absolute Gasteiger partial charge is 0.397 e. The Morgan fingerprint density at radius 3 is 2.68 bits per heavy atom. The second kappa shape index (κ2) is 5.99. The number of rotatable bonds is 3. The Morgan fingerprint density at radius 2 is 2.00 bits per heavy atom. The molecular formula is C14H13ClN2OS. The monoisotopic (exact) mass is 292 g/mol. The molecule has 0 aromatic heterocycles. The van der Waals surface area contributed by atoms with Gasteiger partial charge in [0.25, 0.3) is 0 Å². The molecule has 0 saturated heterocycles. The molecule has 3 N–H and O–H groups in total. The summed E-state index contributed by atoms with van der Waals surface area (Å²) in [6.45, 7) is 1.45. The van der Waals surface area contributed by atoms with E-state index in [0.717, 1.165) is 9.79 Å². The highest BCUT2D eigenvalue weighted by atomic mass is 35.5. The average molecular weight is 293 g/mol. The number of anilines is 2. The van der Waals surface area contributed by atoms with Crippen molar-refractivity contribution in [3.63, 3.8) is 0 Å². The fraction of sp³-hybridized carbons (Fsp3) is 0.0714. The maximum atomic E-state index is 11.1. The van der Waals surface area contributed by atoms with Gasteiger partial charge in [-0.2, -0.15) is 0 Å². The fourth-order valence-corrected chi connectivity index (χ4v) is 2.68. The average Bonchev–Trinajstić information content (AvgIpc) is 2.35. The Morgan fingerprint density at radius 1 is 1.26 bits per heavy atom. The van der Waals surface area contributed by atoms with Gasteiger partial charge in [-0.3, -0.25) is 4.79 Å². The minimum Gasteiger partial charge on any atom is -0.397 e. The van der Waals surface area contributed by atoms with Crippen LogP contribution in [0.15, 0.2) is 52.3 Å². The molecule has 2 rings (SSSR count). The molecule has 0 aliphatic heterocycles. The Hall–Kier alpha value is -1.65. The summed E-state index contributed by atoms with van der Waals surface area (Å²) < 4.78 is 0. The van der Waals surface area contributed by atoms with Crippen molar-refractivity contribution in [2.24, 2.45) is 0 Å². The number of hydrogen-bond acceptors (Lipinski definition) is 3. The van der Waals surface area contributed by atoms with Gasteiger partial charge in [0.05, 0.1) is 16.4 Å². The van der Waals surface area contributed by atoms with E-state index >= 15 is 0 Å². The minimum atomic E-state index is -0.147. The predicted octanol–water partition coefficient (Wildman–Crippen LogP) is 4.03. The summed E-state index contributed by atoms with van der Waals surface area (Å²) in [6, 6.07) is 13.1. The van der Waals surface area contributed by atoms with Crippen molar-refractivity contribution in [3.05, 3.63) is 47.5 Å². The van der Waals surface area contributed by atoms with Crippen LogP contribution >= 0.6 is 23.4 Å². The molecule has 2 aromatic carbocycles. The van der Waals surface area contributed by atoms with Gasteiger partial charge in [0, 0.05) is 16.7 Å². The lowest BCUT2D eigenvalue weighted by atomic mass is 10.2. The fourth-order valence-electron chi connectivity index (χ4n) is 1.55.